The topological polar surface area (TPSA) is 102 Å². The summed E-state index contributed by atoms with van der Waals surface area (Å²) in [5.74, 6) is -4.03. The Balaban J connectivity index is 2.04. The molecule has 0 aliphatic carbocycles. The summed E-state index contributed by atoms with van der Waals surface area (Å²) in [6.07, 6.45) is 0.582. The van der Waals surface area contributed by atoms with E-state index in [0.29, 0.717) is 17.2 Å². The molecule has 7 nitrogen and oxygen atoms in total. The molecule has 0 aromatic heterocycles. The number of benzene rings is 3. The zero-order valence-electron chi connectivity index (χ0n) is 18.1. The summed E-state index contributed by atoms with van der Waals surface area (Å²) >= 11 is 0. The summed E-state index contributed by atoms with van der Waals surface area (Å²) in [5, 5.41) is 10.4. The predicted molar refractivity (Wildman–Crippen MR) is 124 cm³/mol. The van der Waals surface area contributed by atoms with Crippen molar-refractivity contribution >= 4 is 35.9 Å². The van der Waals surface area contributed by atoms with E-state index in [4.69, 9.17) is 9.26 Å². The van der Waals surface area contributed by atoms with Gasteiger partial charge in [0.2, 0.25) is 5.91 Å². The van der Waals surface area contributed by atoms with Crippen LogP contribution < -0.4 is 4.52 Å². The van der Waals surface area contributed by atoms with Gasteiger partial charge in [-0.2, -0.15) is 4.76 Å². The van der Waals surface area contributed by atoms with Crippen LogP contribution in [0.2, 0.25) is 0 Å². The summed E-state index contributed by atoms with van der Waals surface area (Å²) in [6, 6.07) is 16.8. The van der Waals surface area contributed by atoms with Gasteiger partial charge in [0.05, 0.1) is 12.2 Å². The molecule has 0 saturated carbocycles. The number of carboxylic acids is 1. The Kier molecular flexibility index (Phi) is 7.61. The molecule has 0 aliphatic rings. The van der Waals surface area contributed by atoms with Crippen LogP contribution in [0.25, 0.3) is 10.8 Å². The second-order valence-electron chi connectivity index (χ2n) is 7.25. The Bertz CT molecular complexity index is 1240. The van der Waals surface area contributed by atoms with Gasteiger partial charge >= 0.3 is 19.5 Å². The summed E-state index contributed by atoms with van der Waals surface area (Å²) in [6.45, 7) is 3.24. The summed E-state index contributed by atoms with van der Waals surface area (Å²) in [7, 11) is -4.50. The predicted octanol–water partition coefficient (Wildman–Crippen LogP) is 6.19. The molecule has 0 spiro atoms. The molecule has 2 unspecified atom stereocenters. The van der Waals surface area contributed by atoms with E-state index in [1.165, 1.54) is 43.3 Å². The Morgan fingerprint density at radius 3 is 2.42 bits per heavy atom. The number of halogens is 1. The van der Waals surface area contributed by atoms with Crippen LogP contribution in [-0.2, 0) is 14.1 Å². The van der Waals surface area contributed by atoms with Gasteiger partial charge in [0.1, 0.15) is 11.5 Å². The van der Waals surface area contributed by atoms with E-state index in [1.807, 2.05) is 6.92 Å². The zero-order chi connectivity index (χ0) is 24.0. The number of hydrogen-bond donors (Lipinski definition) is 1. The second-order valence-corrected chi connectivity index (χ2v) is 9.22. The smallest absolute Gasteiger partial charge is 0.400 e. The number of esters is 1. The van der Waals surface area contributed by atoms with Crippen molar-refractivity contribution in [1.29, 1.82) is 0 Å². The fourth-order valence-corrected chi connectivity index (χ4v) is 4.73. The summed E-state index contributed by atoms with van der Waals surface area (Å²) < 4.78 is 43.8. The molecule has 172 valence electrons. The van der Waals surface area contributed by atoms with Gasteiger partial charge in [-0.15, -0.1) is 0 Å². The van der Waals surface area contributed by atoms with Crippen LogP contribution >= 0.6 is 7.52 Å². The summed E-state index contributed by atoms with van der Waals surface area (Å²) in [4.78, 5) is 23.4. The molecule has 3 aromatic rings. The SMILES string of the molecule is CCCOC(=O)/C(C)=N/P(=O)(Oc1ccccc1)C(F)c1ccc2ccc(C(=O)O)cc2c1. The van der Waals surface area contributed by atoms with Crippen molar-refractivity contribution in [2.75, 3.05) is 6.61 Å². The van der Waals surface area contributed by atoms with Gasteiger partial charge < -0.3 is 14.4 Å². The first-order chi connectivity index (χ1) is 15.7. The molecular formula is C24H23FNO6P. The Labute approximate surface area is 190 Å². The number of fused-ring (bicyclic) bond motifs is 1. The number of nitrogens with zero attached hydrogens (tertiary/aromatic N) is 1. The molecule has 33 heavy (non-hydrogen) atoms. The first kappa shape index (κ1) is 24.1. The minimum absolute atomic E-state index is 0.0252. The number of carbonyl (C=O) groups excluding carboxylic acids is 1. The van der Waals surface area contributed by atoms with Gasteiger partial charge in [-0.25, -0.2) is 18.5 Å². The highest BCUT2D eigenvalue weighted by Crippen LogP contribution is 2.62. The minimum Gasteiger partial charge on any atom is -0.478 e. The Morgan fingerprint density at radius 1 is 1.06 bits per heavy atom. The molecule has 3 rings (SSSR count). The maximum absolute atomic E-state index is 15.8. The third-order valence-electron chi connectivity index (χ3n) is 4.67. The van der Waals surface area contributed by atoms with Crippen molar-refractivity contribution in [1.82, 2.24) is 0 Å². The van der Waals surface area contributed by atoms with Crippen LogP contribution in [0.4, 0.5) is 4.39 Å². The molecular weight excluding hydrogens is 448 g/mol. The van der Waals surface area contributed by atoms with Gasteiger partial charge in [0, 0.05) is 0 Å². The van der Waals surface area contributed by atoms with Crippen molar-refractivity contribution in [2.24, 2.45) is 4.76 Å². The van der Waals surface area contributed by atoms with Crippen LogP contribution in [0.15, 0.2) is 71.5 Å². The van der Waals surface area contributed by atoms with Crippen LogP contribution in [-0.4, -0.2) is 29.4 Å². The number of carbonyl (C=O) groups is 2. The lowest BCUT2D eigenvalue weighted by atomic mass is 10.0. The Morgan fingerprint density at radius 2 is 1.76 bits per heavy atom. The van der Waals surface area contributed by atoms with Gasteiger partial charge in [0.15, 0.2) is 0 Å². The molecule has 0 saturated heterocycles. The van der Waals surface area contributed by atoms with E-state index in [-0.39, 0.29) is 29.2 Å². The van der Waals surface area contributed by atoms with Crippen molar-refractivity contribution in [3.63, 3.8) is 0 Å². The second kappa shape index (κ2) is 10.4. The first-order valence-corrected chi connectivity index (χ1v) is 11.9. The highest BCUT2D eigenvalue weighted by Gasteiger charge is 2.39. The highest BCUT2D eigenvalue weighted by atomic mass is 31.2. The quantitative estimate of drug-likeness (QED) is 0.227. The number of alkyl halides is 1. The van der Waals surface area contributed by atoms with E-state index >= 15 is 4.39 Å². The lowest BCUT2D eigenvalue weighted by Crippen LogP contribution is -2.15. The van der Waals surface area contributed by atoms with E-state index < -0.39 is 25.4 Å². The summed E-state index contributed by atoms with van der Waals surface area (Å²) in [5.41, 5.74) is -0.270. The molecule has 2 atom stereocenters. The molecule has 0 heterocycles. The van der Waals surface area contributed by atoms with Gasteiger partial charge in [-0.1, -0.05) is 43.3 Å². The average molecular weight is 471 g/mol. The number of rotatable bonds is 9. The first-order valence-electron chi connectivity index (χ1n) is 10.2. The lowest BCUT2D eigenvalue weighted by molar-refractivity contribution is -0.135. The monoisotopic (exact) mass is 471 g/mol. The molecule has 3 aromatic carbocycles. The number of para-hydroxylation sites is 1. The van der Waals surface area contributed by atoms with Crippen LogP contribution in [0.5, 0.6) is 5.75 Å². The number of hydrogen-bond acceptors (Lipinski definition) is 5. The number of carboxylic acid groups (broad SMARTS) is 1. The zero-order valence-corrected chi connectivity index (χ0v) is 19.0. The average Bonchev–Trinajstić information content (AvgIpc) is 2.81. The third kappa shape index (κ3) is 5.84. The number of aromatic carboxylic acids is 1. The molecule has 0 amide bonds. The maximum atomic E-state index is 15.8. The van der Waals surface area contributed by atoms with E-state index in [9.17, 15) is 19.3 Å². The normalized spacial score (nSPS) is 14.3. The molecule has 0 bridgehead atoms. The number of ether oxygens (including phenoxy) is 1. The van der Waals surface area contributed by atoms with E-state index in [0.717, 1.165) is 0 Å². The molecule has 0 fully saturated rings. The molecule has 0 radical (unpaired) electrons. The highest BCUT2D eigenvalue weighted by molar-refractivity contribution is 7.58. The van der Waals surface area contributed by atoms with Gasteiger partial charge in [-0.3, -0.25) is 0 Å². The van der Waals surface area contributed by atoms with Gasteiger partial charge in [-0.05, 0) is 60.0 Å². The third-order valence-corrected chi connectivity index (χ3v) is 6.60. The van der Waals surface area contributed by atoms with Crippen molar-refractivity contribution in [3.05, 3.63) is 77.9 Å². The standard InChI is InChI=1S/C24H23FNO6P/c1-3-13-31-24(29)16(2)26-33(30,32-21-7-5-4-6-8-21)22(25)18-11-9-17-10-12-19(23(27)28)15-20(17)14-18/h4-12,14-15,22H,3,13H2,1-2H3,(H,27,28)/b26-16+. The van der Waals surface area contributed by atoms with Crippen molar-refractivity contribution in [3.8, 4) is 5.75 Å². The maximum Gasteiger partial charge on any atom is 0.400 e. The van der Waals surface area contributed by atoms with Crippen molar-refractivity contribution in [2.45, 2.75) is 26.2 Å². The molecule has 1 N–H and O–H groups in total. The van der Waals surface area contributed by atoms with Crippen LogP contribution in [0, 0.1) is 0 Å². The fraction of sp³-hybridized carbons (Fsp3) is 0.208. The van der Waals surface area contributed by atoms with E-state index in [1.54, 1.807) is 30.3 Å². The minimum atomic E-state index is -4.50. The van der Waals surface area contributed by atoms with Gasteiger partial charge in [0.25, 0.3) is 0 Å². The van der Waals surface area contributed by atoms with Crippen molar-refractivity contribution < 1.29 is 32.9 Å². The molecule has 0 aliphatic heterocycles. The van der Waals surface area contributed by atoms with E-state index in [2.05, 4.69) is 4.76 Å². The largest absolute Gasteiger partial charge is 0.478 e. The van der Waals surface area contributed by atoms with Crippen LogP contribution in [0.3, 0.4) is 0 Å². The Hall–Kier alpha value is -3.51. The lowest BCUT2D eigenvalue weighted by Gasteiger charge is -2.20. The molecule has 9 heteroatoms. The fourth-order valence-electron chi connectivity index (χ4n) is 3.03. The van der Waals surface area contributed by atoms with Crippen LogP contribution in [0.1, 0.15) is 42.1 Å².